The maximum absolute atomic E-state index is 12.9. The Morgan fingerprint density at radius 2 is 1.55 bits per heavy atom. The van der Waals surface area contributed by atoms with Gasteiger partial charge in [-0.1, -0.05) is 61.0 Å². The summed E-state index contributed by atoms with van der Waals surface area (Å²) in [5.74, 6) is 0. The SMILES string of the molecule is CC(C)(C)c1ccc(S(=O)(=O)NC(=O)Nc2cnc3ccc(Br)cc3c2Nc2ccc(C(C)(C)C#N)cc2)cc1. The van der Waals surface area contributed by atoms with Crippen LogP contribution in [0, 0.1) is 11.3 Å². The third-order valence-corrected chi connectivity index (χ3v) is 8.33. The topological polar surface area (TPSA) is 124 Å². The van der Waals surface area contributed by atoms with Gasteiger partial charge in [-0.3, -0.25) is 4.98 Å². The summed E-state index contributed by atoms with van der Waals surface area (Å²) in [6, 6.07) is 20.8. The lowest BCUT2D eigenvalue weighted by Gasteiger charge is -2.19. The zero-order valence-electron chi connectivity index (χ0n) is 22.8. The van der Waals surface area contributed by atoms with Gasteiger partial charge in [0.25, 0.3) is 10.0 Å². The molecule has 0 aliphatic heterocycles. The highest BCUT2D eigenvalue weighted by Gasteiger charge is 2.22. The summed E-state index contributed by atoms with van der Waals surface area (Å²) in [4.78, 5) is 17.3. The molecular weight excluding hydrogens is 590 g/mol. The summed E-state index contributed by atoms with van der Waals surface area (Å²) in [5.41, 5.74) is 3.25. The van der Waals surface area contributed by atoms with E-state index in [-0.39, 0.29) is 16.0 Å². The zero-order chi connectivity index (χ0) is 29.3. The van der Waals surface area contributed by atoms with Gasteiger partial charge in [-0.2, -0.15) is 5.26 Å². The second-order valence-electron chi connectivity index (χ2n) is 11.0. The number of sulfonamides is 1. The Labute approximate surface area is 243 Å². The maximum atomic E-state index is 12.9. The van der Waals surface area contributed by atoms with E-state index in [0.29, 0.717) is 22.3 Å². The number of benzene rings is 3. The Balaban J connectivity index is 1.63. The Morgan fingerprint density at radius 1 is 0.925 bits per heavy atom. The number of fused-ring (bicyclic) bond motifs is 1. The normalized spacial score (nSPS) is 12.0. The van der Waals surface area contributed by atoms with E-state index in [0.717, 1.165) is 15.6 Å². The Morgan fingerprint density at radius 3 is 2.15 bits per heavy atom. The van der Waals surface area contributed by atoms with E-state index >= 15 is 0 Å². The monoisotopic (exact) mass is 619 g/mol. The number of anilines is 3. The largest absolute Gasteiger partial charge is 0.353 e. The van der Waals surface area contributed by atoms with Crippen molar-refractivity contribution in [2.45, 2.75) is 50.3 Å². The molecule has 40 heavy (non-hydrogen) atoms. The summed E-state index contributed by atoms with van der Waals surface area (Å²) < 4.78 is 28.8. The van der Waals surface area contributed by atoms with Crippen LogP contribution >= 0.6 is 15.9 Å². The van der Waals surface area contributed by atoms with Crippen molar-refractivity contribution >= 4 is 59.9 Å². The Kier molecular flexibility index (Phi) is 7.92. The van der Waals surface area contributed by atoms with E-state index in [4.69, 9.17) is 0 Å². The first-order valence-electron chi connectivity index (χ1n) is 12.5. The number of amides is 2. The molecule has 206 valence electrons. The molecule has 0 aliphatic carbocycles. The van der Waals surface area contributed by atoms with E-state index in [1.807, 2.05) is 77.1 Å². The third kappa shape index (κ3) is 6.43. The molecule has 2 amide bonds. The van der Waals surface area contributed by atoms with Crippen molar-refractivity contribution in [2.75, 3.05) is 10.6 Å². The van der Waals surface area contributed by atoms with E-state index in [1.165, 1.54) is 18.3 Å². The van der Waals surface area contributed by atoms with Crippen LogP contribution in [0.1, 0.15) is 45.7 Å². The molecule has 1 heterocycles. The second-order valence-corrected chi connectivity index (χ2v) is 13.6. The molecule has 10 heteroatoms. The van der Waals surface area contributed by atoms with Gasteiger partial charge in [0.2, 0.25) is 0 Å². The van der Waals surface area contributed by atoms with E-state index in [2.05, 4.69) is 42.3 Å². The first-order valence-corrected chi connectivity index (χ1v) is 14.8. The predicted octanol–water partition coefficient (Wildman–Crippen LogP) is 7.35. The lowest BCUT2D eigenvalue weighted by atomic mass is 9.86. The molecule has 0 unspecified atom stereocenters. The van der Waals surface area contributed by atoms with Gasteiger partial charge in [0, 0.05) is 15.5 Å². The van der Waals surface area contributed by atoms with Gasteiger partial charge >= 0.3 is 6.03 Å². The molecule has 0 atom stereocenters. The van der Waals surface area contributed by atoms with Gasteiger partial charge in [-0.25, -0.2) is 17.9 Å². The van der Waals surface area contributed by atoms with Crippen molar-refractivity contribution in [3.63, 3.8) is 0 Å². The van der Waals surface area contributed by atoms with Crippen LogP contribution in [0.3, 0.4) is 0 Å². The van der Waals surface area contributed by atoms with Crippen LogP contribution in [0.4, 0.5) is 21.9 Å². The lowest BCUT2D eigenvalue weighted by Crippen LogP contribution is -2.34. The number of carbonyl (C=O) groups is 1. The van der Waals surface area contributed by atoms with Crippen LogP contribution in [-0.2, 0) is 20.9 Å². The third-order valence-electron chi connectivity index (χ3n) is 6.49. The molecule has 0 saturated carbocycles. The number of carbonyl (C=O) groups excluding carboxylic acids is 1. The predicted molar refractivity (Wildman–Crippen MR) is 162 cm³/mol. The molecule has 8 nitrogen and oxygen atoms in total. The quantitative estimate of drug-likeness (QED) is 0.207. The number of urea groups is 1. The Hall–Kier alpha value is -3.94. The average molecular weight is 621 g/mol. The number of halogens is 1. The van der Waals surface area contributed by atoms with Gasteiger partial charge in [0.15, 0.2) is 0 Å². The van der Waals surface area contributed by atoms with Gasteiger partial charge < -0.3 is 10.6 Å². The number of rotatable bonds is 6. The molecule has 1 aromatic heterocycles. The summed E-state index contributed by atoms with van der Waals surface area (Å²) in [5, 5.41) is 16.1. The minimum Gasteiger partial charge on any atom is -0.353 e. The van der Waals surface area contributed by atoms with Crippen LogP contribution in [0.15, 0.2) is 82.3 Å². The lowest BCUT2D eigenvalue weighted by molar-refractivity contribution is 0.256. The number of nitriles is 1. The Bertz CT molecular complexity index is 1720. The van der Waals surface area contributed by atoms with Crippen molar-refractivity contribution in [1.29, 1.82) is 5.26 Å². The molecule has 0 radical (unpaired) electrons. The first kappa shape index (κ1) is 29.1. The molecule has 4 rings (SSSR count). The fourth-order valence-corrected chi connectivity index (χ4v) is 5.30. The summed E-state index contributed by atoms with van der Waals surface area (Å²) in [6.07, 6.45) is 1.47. The zero-order valence-corrected chi connectivity index (χ0v) is 25.2. The molecule has 3 N–H and O–H groups in total. The highest BCUT2D eigenvalue weighted by atomic mass is 79.9. The van der Waals surface area contributed by atoms with E-state index in [9.17, 15) is 18.5 Å². The molecule has 0 spiro atoms. The van der Waals surface area contributed by atoms with Crippen molar-refractivity contribution in [2.24, 2.45) is 0 Å². The van der Waals surface area contributed by atoms with E-state index < -0.39 is 21.5 Å². The van der Waals surface area contributed by atoms with Crippen molar-refractivity contribution in [1.82, 2.24) is 9.71 Å². The van der Waals surface area contributed by atoms with Gasteiger partial charge in [-0.15, -0.1) is 0 Å². The summed E-state index contributed by atoms with van der Waals surface area (Å²) in [6.45, 7) is 9.79. The van der Waals surface area contributed by atoms with Crippen molar-refractivity contribution in [3.8, 4) is 6.07 Å². The van der Waals surface area contributed by atoms with Crippen LogP contribution in [0.25, 0.3) is 10.9 Å². The number of hydrogen-bond acceptors (Lipinski definition) is 6. The van der Waals surface area contributed by atoms with Gasteiger partial charge in [-0.05, 0) is 72.9 Å². The highest BCUT2D eigenvalue weighted by Crippen LogP contribution is 2.35. The molecule has 0 bridgehead atoms. The minimum absolute atomic E-state index is 0.0186. The van der Waals surface area contributed by atoms with Crippen LogP contribution in [0.5, 0.6) is 0 Å². The van der Waals surface area contributed by atoms with Crippen molar-refractivity contribution in [3.05, 3.63) is 88.5 Å². The number of aromatic nitrogens is 1. The van der Waals surface area contributed by atoms with E-state index in [1.54, 1.807) is 12.1 Å². The van der Waals surface area contributed by atoms with Crippen LogP contribution < -0.4 is 15.4 Å². The second kappa shape index (κ2) is 10.9. The first-order chi connectivity index (χ1) is 18.7. The number of hydrogen-bond donors (Lipinski definition) is 3. The summed E-state index contributed by atoms with van der Waals surface area (Å²) >= 11 is 3.48. The minimum atomic E-state index is -4.12. The molecular formula is C30H30BrN5O3S. The van der Waals surface area contributed by atoms with Crippen molar-refractivity contribution < 1.29 is 13.2 Å². The van der Waals surface area contributed by atoms with Gasteiger partial charge in [0.05, 0.1) is 39.5 Å². The fraction of sp³-hybridized carbons (Fsp3) is 0.233. The van der Waals surface area contributed by atoms with Crippen LogP contribution in [-0.4, -0.2) is 19.4 Å². The number of nitrogens with zero attached hydrogens (tertiary/aromatic N) is 2. The van der Waals surface area contributed by atoms with Gasteiger partial charge in [0.1, 0.15) is 0 Å². The summed E-state index contributed by atoms with van der Waals surface area (Å²) in [7, 11) is -4.12. The standard InChI is InChI=1S/C30H30BrN5O3S/c1-29(2,3)19-8-13-23(14-9-19)40(38,39)36-28(37)35-26-17-33-25-15-10-21(31)16-24(25)27(26)34-22-11-6-20(7-12-22)30(4,5)18-32/h6-17H,1-5H3,(H,33,34)(H2,35,36,37). The molecule has 0 saturated heterocycles. The smallest absolute Gasteiger partial charge is 0.333 e. The number of pyridine rings is 1. The fourth-order valence-electron chi connectivity index (χ4n) is 4.04. The average Bonchev–Trinajstić information content (AvgIpc) is 2.89. The molecule has 4 aromatic rings. The molecule has 0 fully saturated rings. The maximum Gasteiger partial charge on any atom is 0.333 e. The number of nitrogens with one attached hydrogen (secondary N) is 3. The molecule has 0 aliphatic rings. The van der Waals surface area contributed by atoms with Crippen LogP contribution in [0.2, 0.25) is 0 Å². The highest BCUT2D eigenvalue weighted by molar-refractivity contribution is 9.10. The molecule has 3 aromatic carbocycles.